The molecule has 0 aliphatic rings. The first-order valence-electron chi connectivity index (χ1n) is 3.28. The van der Waals surface area contributed by atoms with E-state index >= 15 is 0 Å². The number of aromatic nitrogens is 1. The molecule has 0 spiro atoms. The molecule has 2 aromatic rings. The summed E-state index contributed by atoms with van der Waals surface area (Å²) in [5.74, 6) is 0. The zero-order valence-electron chi connectivity index (χ0n) is 6.00. The van der Waals surface area contributed by atoms with Crippen LogP contribution in [0.2, 0.25) is 0 Å². The third kappa shape index (κ3) is 1.53. The van der Waals surface area contributed by atoms with E-state index in [9.17, 15) is 0 Å². The van der Waals surface area contributed by atoms with E-state index in [0.29, 0.717) is 0 Å². The molecule has 0 aliphatic heterocycles. The van der Waals surface area contributed by atoms with Gasteiger partial charge in [0.05, 0.1) is 8.66 Å². The van der Waals surface area contributed by atoms with Crippen molar-refractivity contribution in [1.82, 2.24) is 0 Å². The third-order valence-electron chi connectivity index (χ3n) is 1.40. The van der Waals surface area contributed by atoms with E-state index in [2.05, 4.69) is 27.0 Å². The summed E-state index contributed by atoms with van der Waals surface area (Å²) in [7, 11) is 0. The van der Waals surface area contributed by atoms with Crippen molar-refractivity contribution < 1.29 is 4.98 Å². The van der Waals surface area contributed by atoms with Crippen LogP contribution in [0.25, 0.3) is 10.6 Å². The van der Waals surface area contributed by atoms with Crippen molar-refractivity contribution in [3.05, 3.63) is 21.3 Å². The summed E-state index contributed by atoms with van der Waals surface area (Å²) in [5, 5.41) is 2.77. The van der Waals surface area contributed by atoms with Crippen molar-refractivity contribution in [2.75, 3.05) is 5.73 Å². The van der Waals surface area contributed by atoms with E-state index in [1.807, 2.05) is 11.4 Å². The lowest BCUT2D eigenvalue weighted by Gasteiger charge is -1.82. The first-order chi connectivity index (χ1) is 5.75. The number of rotatable bonds is 1. The van der Waals surface area contributed by atoms with Gasteiger partial charge in [0.15, 0.2) is 5.69 Å². The number of thiophene rings is 1. The van der Waals surface area contributed by atoms with Crippen LogP contribution < -0.4 is 10.7 Å². The maximum atomic E-state index is 5.58. The van der Waals surface area contributed by atoms with Crippen LogP contribution in [0, 0.1) is 0 Å². The topological polar surface area (TPSA) is 40.2 Å². The van der Waals surface area contributed by atoms with Gasteiger partial charge >= 0.3 is 5.13 Å². The van der Waals surface area contributed by atoms with Gasteiger partial charge in [0.1, 0.15) is 0 Å². The fraction of sp³-hybridized carbons (Fsp3) is 0. The second kappa shape index (κ2) is 3.16. The molecule has 0 saturated carbocycles. The van der Waals surface area contributed by atoms with Crippen LogP contribution in [0.15, 0.2) is 21.3 Å². The molecule has 0 aliphatic carbocycles. The number of nitrogens with one attached hydrogen (secondary N) is 1. The van der Waals surface area contributed by atoms with Crippen LogP contribution in [0.4, 0.5) is 5.13 Å². The molecule has 3 N–H and O–H groups in total. The van der Waals surface area contributed by atoms with E-state index in [0.717, 1.165) is 14.6 Å². The fourth-order valence-electron chi connectivity index (χ4n) is 0.893. The molecule has 2 nitrogen and oxygen atoms in total. The van der Waals surface area contributed by atoms with Crippen molar-refractivity contribution in [1.29, 1.82) is 0 Å². The van der Waals surface area contributed by atoms with Crippen molar-refractivity contribution in [3.63, 3.8) is 0 Å². The van der Waals surface area contributed by atoms with Gasteiger partial charge in [0.2, 0.25) is 0 Å². The van der Waals surface area contributed by atoms with Gasteiger partial charge in [0.25, 0.3) is 0 Å². The smallest absolute Gasteiger partial charge is 0.278 e. The highest BCUT2D eigenvalue weighted by molar-refractivity contribution is 9.11. The SMILES string of the molecule is Nc1[nH+]c(-c2ccc(Br)s2)cs1. The van der Waals surface area contributed by atoms with Crippen LogP contribution in [-0.2, 0) is 0 Å². The van der Waals surface area contributed by atoms with Crippen molar-refractivity contribution >= 4 is 43.7 Å². The van der Waals surface area contributed by atoms with Crippen LogP contribution in [0.5, 0.6) is 0 Å². The van der Waals surface area contributed by atoms with Gasteiger partial charge in [-0.15, -0.1) is 11.3 Å². The average molecular weight is 262 g/mol. The number of nitrogens with two attached hydrogens (primary N) is 1. The first-order valence-corrected chi connectivity index (χ1v) is 5.76. The number of hydrogen-bond donors (Lipinski definition) is 1. The van der Waals surface area contributed by atoms with Crippen LogP contribution >= 0.6 is 38.6 Å². The molecular formula is C7H6BrN2S2+. The number of thiazole rings is 1. The molecule has 0 atom stereocenters. The Labute approximate surface area is 86.2 Å². The summed E-state index contributed by atoms with van der Waals surface area (Å²) in [6, 6.07) is 4.09. The summed E-state index contributed by atoms with van der Waals surface area (Å²) >= 11 is 6.63. The van der Waals surface area contributed by atoms with Crippen LogP contribution in [0.1, 0.15) is 0 Å². The second-order valence-corrected chi connectivity index (χ2v) is 5.62. The van der Waals surface area contributed by atoms with Crippen molar-refractivity contribution in [3.8, 4) is 10.6 Å². The molecule has 2 aromatic heterocycles. The first kappa shape index (κ1) is 8.22. The standard InChI is InChI=1S/C7H5BrN2S2/c8-6-2-1-5(12-6)4-3-11-7(9)10-4/h1-3H,(H2,9,10)/p+1. The molecular weight excluding hydrogens is 256 g/mol. The average Bonchev–Trinajstić information content (AvgIpc) is 2.58. The fourth-order valence-corrected chi connectivity index (χ4v) is 2.92. The highest BCUT2D eigenvalue weighted by atomic mass is 79.9. The Kier molecular flexibility index (Phi) is 2.16. The van der Waals surface area contributed by atoms with Gasteiger partial charge in [-0.2, -0.15) is 0 Å². The van der Waals surface area contributed by atoms with Gasteiger partial charge < -0.3 is 0 Å². The van der Waals surface area contributed by atoms with E-state index in [1.165, 1.54) is 16.2 Å². The zero-order chi connectivity index (χ0) is 8.55. The molecule has 0 saturated heterocycles. The monoisotopic (exact) mass is 261 g/mol. The molecule has 5 heteroatoms. The number of halogens is 1. The molecule has 2 heterocycles. The summed E-state index contributed by atoms with van der Waals surface area (Å²) in [6.07, 6.45) is 0. The van der Waals surface area contributed by atoms with Crippen LogP contribution in [-0.4, -0.2) is 0 Å². The minimum absolute atomic E-state index is 0.745. The number of nitrogen functional groups attached to an aromatic ring is 1. The Morgan fingerprint density at radius 2 is 2.25 bits per heavy atom. The largest absolute Gasteiger partial charge is 0.329 e. The van der Waals surface area contributed by atoms with Gasteiger partial charge in [0, 0.05) is 5.38 Å². The van der Waals surface area contributed by atoms with E-state index in [4.69, 9.17) is 5.73 Å². The Morgan fingerprint density at radius 1 is 1.42 bits per heavy atom. The molecule has 62 valence electrons. The van der Waals surface area contributed by atoms with Crippen LogP contribution in [0.3, 0.4) is 0 Å². The molecule has 0 amide bonds. The predicted molar refractivity (Wildman–Crippen MR) is 56.3 cm³/mol. The normalized spacial score (nSPS) is 10.4. The highest BCUT2D eigenvalue weighted by Crippen LogP contribution is 2.30. The molecule has 0 fully saturated rings. The molecule has 0 unspecified atom stereocenters. The number of aromatic amines is 1. The molecule has 2 rings (SSSR count). The summed E-state index contributed by atoms with van der Waals surface area (Å²) in [5.41, 5.74) is 6.67. The molecule has 0 radical (unpaired) electrons. The van der Waals surface area contributed by atoms with Crippen molar-refractivity contribution in [2.24, 2.45) is 0 Å². The van der Waals surface area contributed by atoms with Gasteiger partial charge in [-0.05, 0) is 28.1 Å². The summed E-state index contributed by atoms with van der Waals surface area (Å²) < 4.78 is 1.13. The lowest BCUT2D eigenvalue weighted by molar-refractivity contribution is -0.340. The Hall–Kier alpha value is -0.390. The number of anilines is 1. The highest BCUT2D eigenvalue weighted by Gasteiger charge is 2.07. The summed E-state index contributed by atoms with van der Waals surface area (Å²) in [4.78, 5) is 4.30. The second-order valence-electron chi connectivity index (χ2n) is 2.24. The number of H-pyrrole nitrogens is 1. The van der Waals surface area contributed by atoms with E-state index in [1.54, 1.807) is 11.3 Å². The lowest BCUT2D eigenvalue weighted by Crippen LogP contribution is -2.05. The minimum atomic E-state index is 0.745. The Morgan fingerprint density at radius 3 is 2.75 bits per heavy atom. The van der Waals surface area contributed by atoms with E-state index < -0.39 is 0 Å². The van der Waals surface area contributed by atoms with E-state index in [-0.39, 0.29) is 0 Å². The Bertz CT molecular complexity index is 355. The van der Waals surface area contributed by atoms with Gasteiger partial charge in [-0.3, -0.25) is 5.73 Å². The van der Waals surface area contributed by atoms with Crippen molar-refractivity contribution in [2.45, 2.75) is 0 Å². The predicted octanol–water partition coefficient (Wildman–Crippen LogP) is 2.64. The maximum Gasteiger partial charge on any atom is 0.329 e. The molecule has 12 heavy (non-hydrogen) atoms. The summed E-state index contributed by atoms with van der Waals surface area (Å²) in [6.45, 7) is 0. The van der Waals surface area contributed by atoms with Gasteiger partial charge in [-0.25, -0.2) is 4.98 Å². The zero-order valence-corrected chi connectivity index (χ0v) is 9.22. The molecule has 0 aromatic carbocycles. The quantitative estimate of drug-likeness (QED) is 0.843. The van der Waals surface area contributed by atoms with Gasteiger partial charge in [-0.1, -0.05) is 11.3 Å². The number of hydrogen-bond acceptors (Lipinski definition) is 3. The minimum Gasteiger partial charge on any atom is -0.278 e. The lowest BCUT2D eigenvalue weighted by atomic mass is 10.4. The third-order valence-corrected chi connectivity index (χ3v) is 3.77. The molecule has 0 bridgehead atoms. The Balaban J connectivity index is 2.43. The maximum absolute atomic E-state index is 5.58.